The lowest BCUT2D eigenvalue weighted by atomic mass is 9.77. The van der Waals surface area contributed by atoms with Gasteiger partial charge in [-0.3, -0.25) is 0 Å². The molecule has 0 heterocycles. The van der Waals surface area contributed by atoms with Crippen LogP contribution in [0, 0.1) is 0 Å². The van der Waals surface area contributed by atoms with Crippen molar-refractivity contribution in [2.45, 2.75) is 37.8 Å². The van der Waals surface area contributed by atoms with Crippen LogP contribution in [0.5, 0.6) is 0 Å². The van der Waals surface area contributed by atoms with Crippen LogP contribution < -0.4 is 0 Å². The van der Waals surface area contributed by atoms with Gasteiger partial charge in [-0.05, 0) is 37.1 Å². The summed E-state index contributed by atoms with van der Waals surface area (Å²) in [6.07, 6.45) is 13.1. The lowest BCUT2D eigenvalue weighted by Gasteiger charge is -2.32. The Morgan fingerprint density at radius 3 is 1.38 bits per heavy atom. The molecule has 8 heteroatoms. The first-order valence-corrected chi connectivity index (χ1v) is 7.59. The fourth-order valence-electron chi connectivity index (χ4n) is 3.01. The van der Waals surface area contributed by atoms with Crippen molar-refractivity contribution in [2.24, 2.45) is 20.0 Å². The number of hydrogen-bond donors (Lipinski definition) is 0. The third-order valence-corrected chi connectivity index (χ3v) is 4.39. The molecule has 2 aliphatic carbocycles. The highest BCUT2D eigenvalue weighted by Gasteiger charge is 2.37. The minimum Gasteiger partial charge on any atom is -0.211 e. The Kier molecular flexibility index (Phi) is 5.48. The van der Waals surface area contributed by atoms with Gasteiger partial charge in [0.1, 0.15) is 11.1 Å². The average molecular weight is 350 g/mol. The summed E-state index contributed by atoms with van der Waals surface area (Å²) in [4.78, 5) is 57.6. The summed E-state index contributed by atoms with van der Waals surface area (Å²) in [5.41, 5.74) is 0.111. The normalized spacial score (nSPS) is 27.0. The van der Waals surface area contributed by atoms with Crippen LogP contribution in [0.2, 0.25) is 0 Å². The molecule has 0 bridgehead atoms. The van der Waals surface area contributed by atoms with Crippen molar-refractivity contribution in [2.75, 3.05) is 0 Å². The fraction of sp³-hybridized carbons (Fsp3) is 0.333. The van der Waals surface area contributed by atoms with Gasteiger partial charge in [-0.25, -0.2) is 19.2 Å². The van der Waals surface area contributed by atoms with Crippen molar-refractivity contribution in [1.29, 1.82) is 0 Å². The molecule has 26 heavy (non-hydrogen) atoms. The molecule has 2 rings (SSSR count). The Balaban J connectivity index is 2.52. The van der Waals surface area contributed by atoms with Gasteiger partial charge < -0.3 is 0 Å². The summed E-state index contributed by atoms with van der Waals surface area (Å²) < 4.78 is 0. The lowest BCUT2D eigenvalue weighted by molar-refractivity contribution is 0.492. The van der Waals surface area contributed by atoms with Gasteiger partial charge in [-0.1, -0.05) is 12.2 Å². The van der Waals surface area contributed by atoms with Crippen LogP contribution in [-0.4, -0.2) is 35.4 Å². The SMILES string of the molecule is CC1(N=C=O)CC(C2=CC=C(N=C=O)C(C)(N=C=O)C2)=CC=C1N=C=O. The van der Waals surface area contributed by atoms with Crippen molar-refractivity contribution in [3.05, 3.63) is 46.8 Å². The van der Waals surface area contributed by atoms with E-state index in [1.54, 1.807) is 38.2 Å². The van der Waals surface area contributed by atoms with E-state index in [0.29, 0.717) is 11.4 Å². The fourth-order valence-corrected chi connectivity index (χ4v) is 3.01. The lowest BCUT2D eigenvalue weighted by Crippen LogP contribution is -2.31. The molecule has 0 aromatic carbocycles. The number of isocyanates is 4. The van der Waals surface area contributed by atoms with Gasteiger partial charge in [0.05, 0.1) is 11.4 Å². The van der Waals surface area contributed by atoms with Crippen LogP contribution in [0.15, 0.2) is 66.8 Å². The number of hydrogen-bond acceptors (Lipinski definition) is 8. The van der Waals surface area contributed by atoms with Crippen LogP contribution in [0.4, 0.5) is 0 Å². The summed E-state index contributed by atoms with van der Waals surface area (Å²) in [6.45, 7) is 3.31. The number of rotatable bonds is 5. The molecule has 2 aliphatic rings. The molecule has 0 aromatic heterocycles. The smallest absolute Gasteiger partial charge is 0.211 e. The predicted molar refractivity (Wildman–Crippen MR) is 90.9 cm³/mol. The van der Waals surface area contributed by atoms with E-state index in [2.05, 4.69) is 20.0 Å². The molecule has 0 N–H and O–H groups in total. The third-order valence-electron chi connectivity index (χ3n) is 4.39. The Hall–Kier alpha value is -3.52. The molecule has 0 aliphatic heterocycles. The molecule has 0 amide bonds. The molecular formula is C18H14N4O4. The van der Waals surface area contributed by atoms with Crippen LogP contribution >= 0.6 is 0 Å². The van der Waals surface area contributed by atoms with Crippen molar-refractivity contribution in [3.63, 3.8) is 0 Å². The molecule has 8 nitrogen and oxygen atoms in total. The van der Waals surface area contributed by atoms with Gasteiger partial charge in [-0.2, -0.15) is 20.0 Å². The summed E-state index contributed by atoms with van der Waals surface area (Å²) >= 11 is 0. The maximum Gasteiger partial charge on any atom is 0.240 e. The second-order valence-electron chi connectivity index (χ2n) is 6.20. The first kappa shape index (κ1) is 18.8. The zero-order valence-electron chi connectivity index (χ0n) is 14.1. The molecule has 2 atom stereocenters. The summed E-state index contributed by atoms with van der Waals surface area (Å²) in [5, 5.41) is 0. The third kappa shape index (κ3) is 3.60. The molecule has 2 unspecified atom stereocenters. The summed E-state index contributed by atoms with van der Waals surface area (Å²) in [7, 11) is 0. The predicted octanol–water partition coefficient (Wildman–Crippen LogP) is 2.28. The summed E-state index contributed by atoms with van der Waals surface area (Å²) in [6, 6.07) is 0. The molecule has 0 aromatic rings. The molecule has 0 saturated carbocycles. The van der Waals surface area contributed by atoms with E-state index in [-0.39, 0.29) is 12.8 Å². The second kappa shape index (κ2) is 7.58. The maximum absolute atomic E-state index is 10.8. The highest BCUT2D eigenvalue weighted by molar-refractivity contribution is 5.54. The zero-order chi connectivity index (χ0) is 19.2. The largest absolute Gasteiger partial charge is 0.240 e. The van der Waals surface area contributed by atoms with E-state index < -0.39 is 11.1 Å². The van der Waals surface area contributed by atoms with Gasteiger partial charge in [-0.15, -0.1) is 0 Å². The van der Waals surface area contributed by atoms with Crippen LogP contribution in [0.25, 0.3) is 0 Å². The van der Waals surface area contributed by atoms with Crippen molar-refractivity contribution in [3.8, 4) is 0 Å². The van der Waals surface area contributed by atoms with Crippen molar-refractivity contribution in [1.82, 2.24) is 0 Å². The Bertz CT molecular complexity index is 870. The number of carbonyl (C=O) groups excluding carboxylic acids is 4. The van der Waals surface area contributed by atoms with E-state index >= 15 is 0 Å². The van der Waals surface area contributed by atoms with Gasteiger partial charge >= 0.3 is 0 Å². The van der Waals surface area contributed by atoms with Crippen molar-refractivity contribution < 1.29 is 19.2 Å². The Labute approximate surface area is 148 Å². The average Bonchev–Trinajstić information content (AvgIpc) is 2.59. The maximum atomic E-state index is 10.8. The van der Waals surface area contributed by atoms with Crippen molar-refractivity contribution >= 4 is 24.3 Å². The molecule has 130 valence electrons. The van der Waals surface area contributed by atoms with E-state index in [0.717, 1.165) is 11.1 Å². The number of nitrogens with zero attached hydrogens (tertiary/aromatic N) is 4. The zero-order valence-corrected chi connectivity index (χ0v) is 14.1. The Morgan fingerprint density at radius 1 is 0.692 bits per heavy atom. The Morgan fingerprint density at radius 2 is 1.08 bits per heavy atom. The van der Waals surface area contributed by atoms with Crippen LogP contribution in [0.3, 0.4) is 0 Å². The van der Waals surface area contributed by atoms with Gasteiger partial charge in [0.25, 0.3) is 0 Å². The molecule has 0 saturated heterocycles. The summed E-state index contributed by atoms with van der Waals surface area (Å²) in [5.74, 6) is 0. The quantitative estimate of drug-likeness (QED) is 0.558. The highest BCUT2D eigenvalue weighted by Crippen LogP contribution is 2.41. The van der Waals surface area contributed by atoms with Crippen LogP contribution in [-0.2, 0) is 19.2 Å². The van der Waals surface area contributed by atoms with Crippen LogP contribution in [0.1, 0.15) is 26.7 Å². The topological polar surface area (TPSA) is 118 Å². The minimum absolute atomic E-state index is 0.284. The standard InChI is InChI=1S/C18H14N4O4/c1-17(21-11-25)7-13(3-5-15(17)19-9-23)14-4-6-16(20-10-24)18(2,8-14)22-12-26/h3-6H,7-8H2,1-2H3. The minimum atomic E-state index is -1.06. The second-order valence-corrected chi connectivity index (χ2v) is 6.20. The van der Waals surface area contributed by atoms with Gasteiger partial charge in [0.15, 0.2) is 0 Å². The monoisotopic (exact) mass is 350 g/mol. The molecule has 0 radical (unpaired) electrons. The van der Waals surface area contributed by atoms with E-state index in [4.69, 9.17) is 0 Å². The van der Waals surface area contributed by atoms with E-state index in [1.807, 2.05) is 0 Å². The van der Waals surface area contributed by atoms with E-state index in [1.165, 1.54) is 24.3 Å². The van der Waals surface area contributed by atoms with Gasteiger partial charge in [0, 0.05) is 12.8 Å². The number of allylic oxidation sites excluding steroid dienone is 4. The molecule has 0 spiro atoms. The molecule has 0 fully saturated rings. The van der Waals surface area contributed by atoms with Gasteiger partial charge in [0.2, 0.25) is 24.3 Å². The highest BCUT2D eigenvalue weighted by atomic mass is 16.1. The first-order valence-electron chi connectivity index (χ1n) is 7.59. The number of aliphatic imine (C=N–C) groups is 4. The first-order chi connectivity index (χ1) is 12.4. The molecular weight excluding hydrogens is 336 g/mol. The van der Waals surface area contributed by atoms with E-state index in [9.17, 15) is 19.2 Å².